The van der Waals surface area contributed by atoms with Crippen molar-refractivity contribution in [3.63, 3.8) is 0 Å². The van der Waals surface area contributed by atoms with Crippen LogP contribution >= 0.6 is 0 Å². The molecule has 1 N–H and O–H groups in total. The van der Waals surface area contributed by atoms with Crippen LogP contribution in [0.2, 0.25) is 0 Å². The summed E-state index contributed by atoms with van der Waals surface area (Å²) in [7, 11) is 4.71. The minimum Gasteiger partial charge on any atom is -0.497 e. The Hall–Kier alpha value is -3.55. The monoisotopic (exact) mass is 412 g/mol. The molecule has 0 unspecified atom stereocenters. The molecule has 2 aromatic rings. The van der Waals surface area contributed by atoms with E-state index in [0.717, 1.165) is 11.1 Å². The Morgan fingerprint density at radius 3 is 2.30 bits per heavy atom. The van der Waals surface area contributed by atoms with Gasteiger partial charge in [-0.05, 0) is 35.9 Å². The van der Waals surface area contributed by atoms with Crippen LogP contribution < -0.4 is 14.2 Å². The summed E-state index contributed by atoms with van der Waals surface area (Å²) in [5.41, 5.74) is 2.40. The van der Waals surface area contributed by atoms with Crippen LogP contribution in [-0.2, 0) is 9.59 Å². The molecule has 0 aromatic heterocycles. The SMILES string of the molecule is COc1ccc([C@H]2CC(c3ccc(OC)c(OC)c3)=NN2C(=O)CCC(=O)O)cc1. The average molecular weight is 412 g/mol. The van der Waals surface area contributed by atoms with Crippen LogP contribution in [-0.4, -0.2) is 49.0 Å². The van der Waals surface area contributed by atoms with Gasteiger partial charge in [0.25, 0.3) is 0 Å². The van der Waals surface area contributed by atoms with Gasteiger partial charge in [-0.1, -0.05) is 12.1 Å². The number of hydrogen-bond acceptors (Lipinski definition) is 6. The lowest BCUT2D eigenvalue weighted by Crippen LogP contribution is -2.27. The predicted octanol–water partition coefficient (Wildman–Crippen LogP) is 3.25. The smallest absolute Gasteiger partial charge is 0.303 e. The van der Waals surface area contributed by atoms with Gasteiger partial charge in [0.2, 0.25) is 5.91 Å². The Balaban J connectivity index is 1.93. The highest BCUT2D eigenvalue weighted by Gasteiger charge is 2.33. The standard InChI is InChI=1S/C22H24N2O6/c1-28-16-7-4-14(5-8-16)18-13-17(23-24(18)21(25)10-11-22(26)27)15-6-9-19(29-2)20(12-15)30-3/h4-9,12,18H,10-11,13H2,1-3H3,(H,26,27)/t18-/m1/s1. The molecule has 2 aromatic carbocycles. The van der Waals surface area contributed by atoms with Crippen molar-refractivity contribution in [2.24, 2.45) is 5.10 Å². The number of ether oxygens (including phenoxy) is 3. The maximum atomic E-state index is 12.7. The van der Waals surface area contributed by atoms with Crippen LogP contribution in [0.5, 0.6) is 17.2 Å². The van der Waals surface area contributed by atoms with E-state index in [1.54, 1.807) is 27.4 Å². The lowest BCUT2D eigenvalue weighted by molar-refractivity contribution is -0.141. The number of carbonyl (C=O) groups is 2. The van der Waals surface area contributed by atoms with Gasteiger partial charge in [-0.3, -0.25) is 9.59 Å². The number of amides is 1. The Bertz CT molecular complexity index is 955. The van der Waals surface area contributed by atoms with E-state index in [0.29, 0.717) is 29.4 Å². The molecule has 0 bridgehead atoms. The summed E-state index contributed by atoms with van der Waals surface area (Å²) in [5.74, 6) is 0.512. The van der Waals surface area contributed by atoms with Crippen LogP contribution in [0.3, 0.4) is 0 Å². The summed E-state index contributed by atoms with van der Waals surface area (Å²) in [6.45, 7) is 0. The summed E-state index contributed by atoms with van der Waals surface area (Å²) >= 11 is 0. The van der Waals surface area contributed by atoms with Crippen LogP contribution in [0.1, 0.15) is 36.4 Å². The number of carboxylic acid groups (broad SMARTS) is 1. The quantitative estimate of drug-likeness (QED) is 0.715. The first-order chi connectivity index (χ1) is 14.5. The first kappa shape index (κ1) is 21.2. The third-order valence-corrected chi connectivity index (χ3v) is 4.94. The lowest BCUT2D eigenvalue weighted by Gasteiger charge is -2.22. The molecule has 8 nitrogen and oxygen atoms in total. The fraction of sp³-hybridized carbons (Fsp3) is 0.318. The normalized spacial score (nSPS) is 15.5. The van der Waals surface area contributed by atoms with Crippen molar-refractivity contribution in [2.75, 3.05) is 21.3 Å². The Labute approximate surface area is 174 Å². The predicted molar refractivity (Wildman–Crippen MR) is 110 cm³/mol. The highest BCUT2D eigenvalue weighted by molar-refractivity contribution is 6.03. The summed E-state index contributed by atoms with van der Waals surface area (Å²) in [6.07, 6.45) is 0.122. The molecule has 3 rings (SSSR count). The van der Waals surface area contributed by atoms with Crippen LogP contribution in [0.25, 0.3) is 0 Å². The van der Waals surface area contributed by atoms with Crippen LogP contribution in [0.15, 0.2) is 47.6 Å². The van der Waals surface area contributed by atoms with E-state index in [1.807, 2.05) is 36.4 Å². The van der Waals surface area contributed by atoms with Crippen molar-refractivity contribution in [1.82, 2.24) is 5.01 Å². The van der Waals surface area contributed by atoms with E-state index in [1.165, 1.54) is 5.01 Å². The van der Waals surface area contributed by atoms with Gasteiger partial charge in [-0.25, -0.2) is 5.01 Å². The number of nitrogens with zero attached hydrogens (tertiary/aromatic N) is 2. The Morgan fingerprint density at radius 2 is 1.70 bits per heavy atom. The molecule has 0 spiro atoms. The van der Waals surface area contributed by atoms with E-state index in [4.69, 9.17) is 19.3 Å². The third-order valence-electron chi connectivity index (χ3n) is 4.94. The van der Waals surface area contributed by atoms with Crippen molar-refractivity contribution in [3.8, 4) is 17.2 Å². The van der Waals surface area contributed by atoms with Gasteiger partial charge < -0.3 is 19.3 Å². The maximum absolute atomic E-state index is 12.7. The summed E-state index contributed by atoms with van der Waals surface area (Å²) in [4.78, 5) is 23.7. The fourth-order valence-corrected chi connectivity index (χ4v) is 3.34. The summed E-state index contributed by atoms with van der Waals surface area (Å²) in [6, 6.07) is 12.5. The van der Waals surface area contributed by atoms with Gasteiger partial charge in [-0.15, -0.1) is 0 Å². The number of methoxy groups -OCH3 is 3. The van der Waals surface area contributed by atoms with E-state index < -0.39 is 5.97 Å². The number of benzene rings is 2. The van der Waals surface area contributed by atoms with E-state index in [-0.39, 0.29) is 24.8 Å². The minimum absolute atomic E-state index is 0.120. The van der Waals surface area contributed by atoms with Crippen molar-refractivity contribution in [2.45, 2.75) is 25.3 Å². The molecule has 1 heterocycles. The van der Waals surface area contributed by atoms with E-state index in [9.17, 15) is 9.59 Å². The number of carbonyl (C=O) groups excluding carboxylic acids is 1. The van der Waals surface area contributed by atoms with Crippen molar-refractivity contribution < 1.29 is 28.9 Å². The first-order valence-electron chi connectivity index (χ1n) is 9.44. The van der Waals surface area contributed by atoms with Crippen molar-refractivity contribution in [3.05, 3.63) is 53.6 Å². The Morgan fingerprint density at radius 1 is 1.00 bits per heavy atom. The average Bonchev–Trinajstić information content (AvgIpc) is 3.22. The van der Waals surface area contributed by atoms with Crippen molar-refractivity contribution in [1.29, 1.82) is 0 Å². The highest BCUT2D eigenvalue weighted by Crippen LogP contribution is 2.36. The molecule has 1 amide bonds. The van der Waals surface area contributed by atoms with Crippen LogP contribution in [0, 0.1) is 0 Å². The van der Waals surface area contributed by atoms with E-state index in [2.05, 4.69) is 5.10 Å². The molecule has 0 saturated carbocycles. The molecule has 1 aliphatic rings. The fourth-order valence-electron chi connectivity index (χ4n) is 3.34. The lowest BCUT2D eigenvalue weighted by atomic mass is 9.98. The molecule has 0 aliphatic carbocycles. The number of carboxylic acids is 1. The number of rotatable bonds is 8. The molecule has 8 heteroatoms. The van der Waals surface area contributed by atoms with Crippen molar-refractivity contribution >= 4 is 17.6 Å². The van der Waals surface area contributed by atoms with Crippen LogP contribution in [0.4, 0.5) is 0 Å². The van der Waals surface area contributed by atoms with E-state index >= 15 is 0 Å². The van der Waals surface area contributed by atoms with Gasteiger partial charge in [0.1, 0.15) is 5.75 Å². The number of aliphatic carboxylic acids is 1. The zero-order valence-corrected chi connectivity index (χ0v) is 17.1. The molecule has 0 saturated heterocycles. The van der Waals surface area contributed by atoms with Gasteiger partial charge in [-0.2, -0.15) is 5.10 Å². The molecule has 1 atom stereocenters. The molecule has 30 heavy (non-hydrogen) atoms. The molecular weight excluding hydrogens is 388 g/mol. The third kappa shape index (κ3) is 4.53. The van der Waals surface area contributed by atoms with Gasteiger partial charge in [0, 0.05) is 18.4 Å². The van der Waals surface area contributed by atoms with Gasteiger partial charge in [0.15, 0.2) is 11.5 Å². The topological polar surface area (TPSA) is 97.7 Å². The Kier molecular flexibility index (Phi) is 6.56. The largest absolute Gasteiger partial charge is 0.497 e. The number of hydrazone groups is 1. The minimum atomic E-state index is -1.02. The molecule has 0 radical (unpaired) electrons. The zero-order chi connectivity index (χ0) is 21.7. The summed E-state index contributed by atoms with van der Waals surface area (Å²) < 4.78 is 15.9. The first-order valence-corrected chi connectivity index (χ1v) is 9.44. The van der Waals surface area contributed by atoms with Gasteiger partial charge in [0.05, 0.1) is 39.5 Å². The second-order valence-corrected chi connectivity index (χ2v) is 6.74. The van der Waals surface area contributed by atoms with Gasteiger partial charge >= 0.3 is 5.97 Å². The summed E-state index contributed by atoms with van der Waals surface area (Å²) in [5, 5.41) is 14.9. The molecular formula is C22H24N2O6. The second kappa shape index (κ2) is 9.30. The maximum Gasteiger partial charge on any atom is 0.303 e. The molecule has 0 fully saturated rings. The molecule has 158 valence electrons. The molecule has 1 aliphatic heterocycles. The highest BCUT2D eigenvalue weighted by atomic mass is 16.5. The number of hydrogen-bond donors (Lipinski definition) is 1. The second-order valence-electron chi connectivity index (χ2n) is 6.74. The zero-order valence-electron chi connectivity index (χ0n) is 17.1.